The minimum Gasteiger partial charge on any atom is -0.432 e. The van der Waals surface area contributed by atoms with E-state index in [9.17, 15) is 22.7 Å². The first-order chi connectivity index (χ1) is 12.1. The van der Waals surface area contributed by atoms with Crippen LogP contribution < -0.4 is 0 Å². The molecule has 138 valence electrons. The zero-order valence-corrected chi connectivity index (χ0v) is 15.4. The van der Waals surface area contributed by atoms with Crippen LogP contribution in [-0.2, 0) is 19.4 Å². The predicted octanol–water partition coefficient (Wildman–Crippen LogP) is 3.04. The molecule has 5 nitrogen and oxygen atoms in total. The van der Waals surface area contributed by atoms with Gasteiger partial charge in [0.2, 0.25) is 6.29 Å². The molecule has 0 heterocycles. The summed E-state index contributed by atoms with van der Waals surface area (Å²) in [6, 6.07) is 11.5. The number of esters is 1. The molecule has 1 unspecified atom stereocenters. The van der Waals surface area contributed by atoms with Crippen molar-refractivity contribution in [1.82, 2.24) is 0 Å². The molecule has 0 fully saturated rings. The average molecular weight is 378 g/mol. The van der Waals surface area contributed by atoms with Crippen molar-refractivity contribution < 1.29 is 27.4 Å². The van der Waals surface area contributed by atoms with Crippen molar-refractivity contribution in [3.05, 3.63) is 65.5 Å². The van der Waals surface area contributed by atoms with Gasteiger partial charge in [-0.05, 0) is 47.9 Å². The van der Waals surface area contributed by atoms with Gasteiger partial charge in [-0.3, -0.25) is 4.79 Å². The van der Waals surface area contributed by atoms with E-state index in [0.717, 1.165) is 6.26 Å². The predicted molar refractivity (Wildman–Crippen MR) is 96.2 cm³/mol. The summed E-state index contributed by atoms with van der Waals surface area (Å²) in [7, 11) is -3.33. The highest BCUT2D eigenvalue weighted by Crippen LogP contribution is 2.30. The zero-order valence-electron chi connectivity index (χ0n) is 14.6. The normalized spacial score (nSPS) is 13.7. The summed E-state index contributed by atoms with van der Waals surface area (Å²) < 4.78 is 41.3. The van der Waals surface area contributed by atoms with Gasteiger partial charge in [-0.2, -0.15) is 0 Å². The van der Waals surface area contributed by atoms with E-state index < -0.39 is 27.9 Å². The summed E-state index contributed by atoms with van der Waals surface area (Å²) in [5, 5.41) is 10.3. The maximum atomic E-state index is 13.2. The van der Waals surface area contributed by atoms with Gasteiger partial charge in [-0.25, -0.2) is 12.8 Å². The summed E-state index contributed by atoms with van der Waals surface area (Å²) in [6.45, 7) is 2.86. The summed E-state index contributed by atoms with van der Waals surface area (Å²) in [5.41, 5.74) is 1.95. The smallest absolute Gasteiger partial charge is 0.305 e. The van der Waals surface area contributed by atoms with Crippen molar-refractivity contribution in [1.29, 1.82) is 0 Å². The van der Waals surface area contributed by atoms with Crippen LogP contribution in [0, 0.1) is 5.82 Å². The highest BCUT2D eigenvalue weighted by atomic mass is 32.2. The number of benzene rings is 2. The van der Waals surface area contributed by atoms with Gasteiger partial charge in [0.25, 0.3) is 0 Å². The molecular formula is C19H19FO5S. The third-order valence-electron chi connectivity index (χ3n) is 3.80. The molecule has 0 amide bonds. The minimum atomic E-state index is -3.33. The quantitative estimate of drug-likeness (QED) is 0.491. The molecule has 0 spiro atoms. The van der Waals surface area contributed by atoms with Crippen molar-refractivity contribution in [2.75, 3.05) is 6.26 Å². The summed E-state index contributed by atoms with van der Waals surface area (Å²) in [4.78, 5) is 11.4. The Morgan fingerprint density at radius 2 is 1.50 bits per heavy atom. The Balaban J connectivity index is 2.57. The van der Waals surface area contributed by atoms with Crippen molar-refractivity contribution in [3.8, 4) is 0 Å². The van der Waals surface area contributed by atoms with Gasteiger partial charge in [0.05, 0.1) is 4.90 Å². The third-order valence-corrected chi connectivity index (χ3v) is 4.93. The molecule has 0 aliphatic rings. The number of hydrogen-bond acceptors (Lipinski definition) is 5. The molecule has 0 aliphatic heterocycles. The third kappa shape index (κ3) is 4.77. The summed E-state index contributed by atoms with van der Waals surface area (Å²) in [6.07, 6.45) is -0.438. The number of carbonyl (C=O) groups is 1. The number of rotatable bonds is 5. The maximum Gasteiger partial charge on any atom is 0.305 e. The Morgan fingerprint density at radius 3 is 1.96 bits per heavy atom. The molecule has 0 bridgehead atoms. The van der Waals surface area contributed by atoms with Gasteiger partial charge in [0.1, 0.15) is 5.82 Å². The number of hydrogen-bond donors (Lipinski definition) is 1. The van der Waals surface area contributed by atoms with Crippen molar-refractivity contribution >= 4 is 27.0 Å². The van der Waals surface area contributed by atoms with E-state index in [-0.39, 0.29) is 10.5 Å². The molecule has 0 radical (unpaired) electrons. The second-order valence-corrected chi connectivity index (χ2v) is 7.82. The first-order valence-corrected chi connectivity index (χ1v) is 9.61. The highest BCUT2D eigenvalue weighted by molar-refractivity contribution is 7.90. The number of ether oxygens (including phenoxy) is 1. The SMILES string of the molecule is CC(=O)OC(O)/C(=C(/C)c1ccc(S(C)(=O)=O)cc1)c1ccc(F)cc1. The van der Waals surface area contributed by atoms with Gasteiger partial charge < -0.3 is 9.84 Å². The van der Waals surface area contributed by atoms with Crippen LogP contribution >= 0.6 is 0 Å². The Hall–Kier alpha value is -2.51. The minimum absolute atomic E-state index is 0.165. The number of sulfone groups is 1. The second-order valence-electron chi connectivity index (χ2n) is 5.80. The molecule has 2 aromatic carbocycles. The van der Waals surface area contributed by atoms with E-state index in [1.54, 1.807) is 19.1 Å². The van der Waals surface area contributed by atoms with Crippen molar-refractivity contribution in [2.45, 2.75) is 25.0 Å². The lowest BCUT2D eigenvalue weighted by Gasteiger charge is -2.19. The van der Waals surface area contributed by atoms with Crippen LogP contribution in [0.25, 0.3) is 11.1 Å². The molecule has 1 atom stereocenters. The van der Waals surface area contributed by atoms with Gasteiger partial charge >= 0.3 is 5.97 Å². The lowest BCUT2D eigenvalue weighted by Crippen LogP contribution is -2.18. The second kappa shape index (κ2) is 7.80. The van der Waals surface area contributed by atoms with E-state index in [1.807, 2.05) is 0 Å². The van der Waals surface area contributed by atoms with Crippen LogP contribution in [0.5, 0.6) is 0 Å². The fourth-order valence-electron chi connectivity index (χ4n) is 2.50. The lowest BCUT2D eigenvalue weighted by atomic mass is 9.95. The van der Waals surface area contributed by atoms with Gasteiger partial charge in [-0.15, -0.1) is 0 Å². The Morgan fingerprint density at radius 1 is 1.00 bits per heavy atom. The molecular weight excluding hydrogens is 359 g/mol. The van der Waals surface area contributed by atoms with Crippen molar-refractivity contribution in [3.63, 3.8) is 0 Å². The zero-order chi connectivity index (χ0) is 19.5. The highest BCUT2D eigenvalue weighted by Gasteiger charge is 2.20. The number of aliphatic hydroxyl groups excluding tert-OH is 1. The molecule has 2 aromatic rings. The maximum absolute atomic E-state index is 13.2. The number of halogens is 1. The molecule has 0 saturated carbocycles. The molecule has 0 saturated heterocycles. The lowest BCUT2D eigenvalue weighted by molar-refractivity contribution is -0.156. The fraction of sp³-hybridized carbons (Fsp3) is 0.211. The van der Waals surface area contributed by atoms with Crippen LogP contribution in [-0.4, -0.2) is 32.0 Å². The molecule has 0 aromatic heterocycles. The molecule has 2 rings (SSSR count). The number of carbonyl (C=O) groups excluding carboxylic acids is 1. The standard InChI is InChI=1S/C19H19FO5S/c1-12(14-6-10-17(11-7-14)26(3,23)24)18(19(22)25-13(2)21)15-4-8-16(20)9-5-15/h4-11,19,22H,1-3H3/b18-12-. The largest absolute Gasteiger partial charge is 0.432 e. The first kappa shape index (κ1) is 19.8. The van der Waals surface area contributed by atoms with E-state index in [2.05, 4.69) is 0 Å². The Labute approximate surface area is 151 Å². The van der Waals surface area contributed by atoms with Gasteiger partial charge in [0.15, 0.2) is 9.84 Å². The van der Waals surface area contributed by atoms with Gasteiger partial charge in [-0.1, -0.05) is 24.3 Å². The van der Waals surface area contributed by atoms with E-state index >= 15 is 0 Å². The van der Waals surface area contributed by atoms with E-state index in [0.29, 0.717) is 16.7 Å². The first-order valence-electron chi connectivity index (χ1n) is 7.72. The number of aliphatic hydroxyl groups is 1. The number of allylic oxidation sites excluding steroid dienone is 1. The molecule has 7 heteroatoms. The molecule has 0 aliphatic carbocycles. The van der Waals surface area contributed by atoms with Crippen LogP contribution in [0.1, 0.15) is 25.0 Å². The Bertz CT molecular complexity index is 929. The van der Waals surface area contributed by atoms with Crippen LogP contribution in [0.4, 0.5) is 4.39 Å². The van der Waals surface area contributed by atoms with Gasteiger partial charge in [0, 0.05) is 18.8 Å². The summed E-state index contributed by atoms with van der Waals surface area (Å²) >= 11 is 0. The fourth-order valence-corrected chi connectivity index (χ4v) is 3.13. The average Bonchev–Trinajstić information content (AvgIpc) is 2.55. The van der Waals surface area contributed by atoms with E-state index in [1.165, 1.54) is 43.3 Å². The topological polar surface area (TPSA) is 80.7 Å². The molecule has 26 heavy (non-hydrogen) atoms. The van der Waals surface area contributed by atoms with Crippen LogP contribution in [0.2, 0.25) is 0 Å². The monoisotopic (exact) mass is 378 g/mol. The molecule has 1 N–H and O–H groups in total. The van der Waals surface area contributed by atoms with Crippen LogP contribution in [0.15, 0.2) is 53.4 Å². The summed E-state index contributed by atoms with van der Waals surface area (Å²) in [5.74, 6) is -1.11. The van der Waals surface area contributed by atoms with Crippen LogP contribution in [0.3, 0.4) is 0 Å². The Kier molecular flexibility index (Phi) is 5.94. The van der Waals surface area contributed by atoms with E-state index in [4.69, 9.17) is 4.74 Å². The van der Waals surface area contributed by atoms with Crippen molar-refractivity contribution in [2.24, 2.45) is 0 Å².